The zero-order valence-electron chi connectivity index (χ0n) is 12.4. The molecule has 1 rings (SSSR count). The van der Waals surface area contributed by atoms with E-state index in [-0.39, 0.29) is 5.41 Å². The van der Waals surface area contributed by atoms with E-state index in [1.807, 2.05) is 51.1 Å². The van der Waals surface area contributed by atoms with Crippen LogP contribution < -0.4 is 4.74 Å². The molecule has 0 aliphatic carbocycles. The molecule has 0 bridgehead atoms. The van der Waals surface area contributed by atoms with Gasteiger partial charge in [-0.1, -0.05) is 39.0 Å². The number of hydrogen-bond donors (Lipinski definition) is 1. The van der Waals surface area contributed by atoms with Crippen LogP contribution in [0, 0.1) is 5.41 Å². The Labute approximate surface area is 111 Å². The number of aliphatic hydroxyl groups is 1. The Morgan fingerprint density at radius 3 is 1.83 bits per heavy atom. The van der Waals surface area contributed by atoms with E-state index in [1.165, 1.54) is 0 Å². The van der Waals surface area contributed by atoms with Gasteiger partial charge in [0.1, 0.15) is 11.4 Å². The third-order valence-electron chi connectivity index (χ3n) is 3.25. The predicted molar refractivity (Wildman–Crippen MR) is 75.8 cm³/mol. The molecule has 1 atom stereocenters. The second-order valence-corrected chi connectivity index (χ2v) is 6.94. The zero-order valence-corrected chi connectivity index (χ0v) is 12.4. The Morgan fingerprint density at radius 2 is 1.44 bits per heavy atom. The molecule has 2 heteroatoms. The second kappa shape index (κ2) is 4.93. The maximum atomic E-state index is 10.4. The van der Waals surface area contributed by atoms with Gasteiger partial charge in [0.15, 0.2) is 0 Å². The Hall–Kier alpha value is -1.02. The lowest BCUT2D eigenvalue weighted by Crippen LogP contribution is -2.54. The van der Waals surface area contributed by atoms with Gasteiger partial charge in [0.25, 0.3) is 0 Å². The molecule has 0 saturated carbocycles. The first-order chi connectivity index (χ1) is 8.04. The van der Waals surface area contributed by atoms with Gasteiger partial charge in [-0.3, -0.25) is 0 Å². The summed E-state index contributed by atoms with van der Waals surface area (Å²) in [6, 6.07) is 9.69. The van der Waals surface area contributed by atoms with Crippen molar-refractivity contribution >= 4 is 0 Å². The van der Waals surface area contributed by atoms with E-state index in [9.17, 15) is 5.11 Å². The van der Waals surface area contributed by atoms with Gasteiger partial charge < -0.3 is 9.84 Å². The van der Waals surface area contributed by atoms with Crippen LogP contribution in [0.1, 0.15) is 48.0 Å². The largest absolute Gasteiger partial charge is 0.485 e. The van der Waals surface area contributed by atoms with E-state index in [4.69, 9.17) is 4.74 Å². The minimum absolute atomic E-state index is 0.0868. The number of ether oxygens (including phenoxy) is 1. The quantitative estimate of drug-likeness (QED) is 0.874. The highest BCUT2D eigenvalue weighted by Gasteiger charge is 2.44. The predicted octanol–water partition coefficient (Wildman–Crippen LogP) is 4.03. The third kappa shape index (κ3) is 4.02. The topological polar surface area (TPSA) is 29.5 Å². The van der Waals surface area contributed by atoms with Crippen molar-refractivity contribution in [3.05, 3.63) is 30.3 Å². The highest BCUT2D eigenvalue weighted by Crippen LogP contribution is 2.38. The normalized spacial score (nSPS) is 16.2. The van der Waals surface area contributed by atoms with E-state index < -0.39 is 11.2 Å². The Bertz CT molecular complexity index is 370. The summed E-state index contributed by atoms with van der Waals surface area (Å²) in [7, 11) is 0. The maximum Gasteiger partial charge on any atom is 0.135 e. The summed E-state index contributed by atoms with van der Waals surface area (Å²) < 4.78 is 6.09. The molecule has 18 heavy (non-hydrogen) atoms. The van der Waals surface area contributed by atoms with Crippen LogP contribution in [0.25, 0.3) is 0 Å². The first-order valence-electron chi connectivity index (χ1n) is 6.50. The Morgan fingerprint density at radius 1 is 0.944 bits per heavy atom. The van der Waals surface area contributed by atoms with Crippen LogP contribution in [0.4, 0.5) is 0 Å². The van der Waals surface area contributed by atoms with Crippen molar-refractivity contribution in [2.75, 3.05) is 0 Å². The van der Waals surface area contributed by atoms with Gasteiger partial charge in [0.05, 0.1) is 5.60 Å². The molecule has 0 aliphatic rings. The van der Waals surface area contributed by atoms with Gasteiger partial charge in [-0.15, -0.1) is 0 Å². The van der Waals surface area contributed by atoms with E-state index in [0.717, 1.165) is 12.2 Å². The summed E-state index contributed by atoms with van der Waals surface area (Å²) in [5, 5.41) is 10.4. The molecule has 0 aliphatic heterocycles. The van der Waals surface area contributed by atoms with Crippen molar-refractivity contribution in [3.8, 4) is 5.75 Å². The molecule has 0 radical (unpaired) electrons. The Balaban J connectivity index is 2.99. The molecule has 0 spiro atoms. The maximum absolute atomic E-state index is 10.4. The van der Waals surface area contributed by atoms with E-state index in [0.29, 0.717) is 0 Å². The van der Waals surface area contributed by atoms with Crippen molar-refractivity contribution in [3.63, 3.8) is 0 Å². The van der Waals surface area contributed by atoms with Gasteiger partial charge in [0.2, 0.25) is 0 Å². The van der Waals surface area contributed by atoms with Gasteiger partial charge in [-0.2, -0.15) is 0 Å². The molecule has 0 amide bonds. The van der Waals surface area contributed by atoms with Crippen LogP contribution in [0.3, 0.4) is 0 Å². The standard InChI is InChI=1S/C16H26O2/c1-14(2,3)12-16(6,15(4,5)17)18-13-10-8-7-9-11-13/h7-11,17H,12H2,1-6H3. The summed E-state index contributed by atoms with van der Waals surface area (Å²) in [5.74, 6) is 0.798. The smallest absolute Gasteiger partial charge is 0.135 e. The van der Waals surface area contributed by atoms with Crippen molar-refractivity contribution < 1.29 is 9.84 Å². The summed E-state index contributed by atoms with van der Waals surface area (Å²) >= 11 is 0. The number of rotatable bonds is 4. The fourth-order valence-electron chi connectivity index (χ4n) is 2.14. The van der Waals surface area contributed by atoms with Gasteiger partial charge in [0, 0.05) is 0 Å². The molecular formula is C16H26O2. The summed E-state index contributed by atoms with van der Waals surface area (Å²) in [5.41, 5.74) is -1.44. The SMILES string of the molecule is CC(C)(C)CC(C)(Oc1ccccc1)C(C)(C)O. The van der Waals surface area contributed by atoms with Crippen LogP contribution in [-0.2, 0) is 0 Å². The average molecular weight is 250 g/mol. The first kappa shape index (κ1) is 15.0. The molecule has 0 aromatic heterocycles. The Kier molecular flexibility index (Phi) is 4.12. The minimum atomic E-state index is -0.907. The van der Waals surface area contributed by atoms with Crippen LogP contribution in [0.15, 0.2) is 30.3 Å². The third-order valence-corrected chi connectivity index (χ3v) is 3.25. The molecule has 1 unspecified atom stereocenters. The van der Waals surface area contributed by atoms with Crippen molar-refractivity contribution in [1.82, 2.24) is 0 Å². The van der Waals surface area contributed by atoms with Crippen LogP contribution in [-0.4, -0.2) is 16.3 Å². The van der Waals surface area contributed by atoms with Crippen molar-refractivity contribution in [1.29, 1.82) is 0 Å². The summed E-state index contributed by atoms with van der Waals surface area (Å²) in [6.07, 6.45) is 0.776. The summed E-state index contributed by atoms with van der Waals surface area (Å²) in [4.78, 5) is 0. The molecule has 0 saturated heterocycles. The minimum Gasteiger partial charge on any atom is -0.485 e. The number of hydrogen-bond acceptors (Lipinski definition) is 2. The second-order valence-electron chi connectivity index (χ2n) is 6.94. The number of benzene rings is 1. The fraction of sp³-hybridized carbons (Fsp3) is 0.625. The van der Waals surface area contributed by atoms with Crippen LogP contribution in [0.5, 0.6) is 5.75 Å². The number of para-hydroxylation sites is 1. The molecular weight excluding hydrogens is 224 g/mol. The first-order valence-corrected chi connectivity index (χ1v) is 6.50. The molecule has 2 nitrogen and oxygen atoms in total. The monoisotopic (exact) mass is 250 g/mol. The molecule has 0 heterocycles. The lowest BCUT2D eigenvalue weighted by atomic mass is 9.75. The zero-order chi connectivity index (χ0) is 14.0. The average Bonchev–Trinajstić information content (AvgIpc) is 2.14. The van der Waals surface area contributed by atoms with Crippen molar-refractivity contribution in [2.24, 2.45) is 5.41 Å². The molecule has 1 aromatic rings. The van der Waals surface area contributed by atoms with Gasteiger partial charge in [-0.25, -0.2) is 0 Å². The molecule has 1 aromatic carbocycles. The van der Waals surface area contributed by atoms with Gasteiger partial charge in [-0.05, 0) is 44.7 Å². The molecule has 102 valence electrons. The van der Waals surface area contributed by atoms with Crippen molar-refractivity contribution in [2.45, 2.75) is 59.2 Å². The fourth-order valence-corrected chi connectivity index (χ4v) is 2.14. The highest BCUT2D eigenvalue weighted by atomic mass is 16.5. The van der Waals surface area contributed by atoms with Gasteiger partial charge >= 0.3 is 0 Å². The van der Waals surface area contributed by atoms with E-state index in [2.05, 4.69) is 20.8 Å². The molecule has 0 fully saturated rings. The highest BCUT2D eigenvalue weighted by molar-refractivity contribution is 5.22. The lowest BCUT2D eigenvalue weighted by molar-refractivity contribution is -0.120. The van der Waals surface area contributed by atoms with E-state index in [1.54, 1.807) is 0 Å². The summed E-state index contributed by atoms with van der Waals surface area (Å²) in [6.45, 7) is 12.1. The molecule has 1 N–H and O–H groups in total. The van der Waals surface area contributed by atoms with Crippen LogP contribution in [0.2, 0.25) is 0 Å². The lowest BCUT2D eigenvalue weighted by Gasteiger charge is -2.44. The van der Waals surface area contributed by atoms with Crippen LogP contribution >= 0.6 is 0 Å². The van der Waals surface area contributed by atoms with E-state index >= 15 is 0 Å².